The second-order valence-corrected chi connectivity index (χ2v) is 6.35. The zero-order valence-electron chi connectivity index (χ0n) is 15.2. The van der Waals surface area contributed by atoms with Crippen LogP contribution in [0.3, 0.4) is 0 Å². The lowest BCUT2D eigenvalue weighted by molar-refractivity contribution is -0.141. The summed E-state index contributed by atoms with van der Waals surface area (Å²) in [6.45, 7) is 0. The van der Waals surface area contributed by atoms with E-state index in [0.717, 1.165) is 0 Å². The molecule has 6 nitrogen and oxygen atoms in total. The number of nitrogens with zero attached hydrogens (tertiary/aromatic N) is 1. The number of halogens is 1. The van der Waals surface area contributed by atoms with Crippen LogP contribution < -0.4 is 5.32 Å². The molecule has 7 heteroatoms. The van der Waals surface area contributed by atoms with Crippen molar-refractivity contribution in [1.29, 1.82) is 0 Å². The number of Topliss-reactive ketones (excluding diaryl/α,β-unsaturated/α-hetero) is 1. The number of carbonyl (C=O) groups is 3. The first-order valence-electron chi connectivity index (χ1n) is 8.77. The van der Waals surface area contributed by atoms with E-state index in [1.807, 2.05) is 0 Å². The van der Waals surface area contributed by atoms with Crippen molar-refractivity contribution in [2.75, 3.05) is 0 Å². The highest BCUT2D eigenvalue weighted by molar-refractivity contribution is 6.43. The zero-order chi connectivity index (χ0) is 20.8. The predicted octanol–water partition coefficient (Wildman–Crippen LogP) is 2.88. The third-order valence-corrected chi connectivity index (χ3v) is 4.27. The lowest BCUT2D eigenvalue weighted by atomic mass is 10.0. The average molecular weight is 392 g/mol. The largest absolute Gasteiger partial charge is 0.480 e. The van der Waals surface area contributed by atoms with Gasteiger partial charge in [0.2, 0.25) is 0 Å². The number of aromatic nitrogens is 1. The lowest BCUT2D eigenvalue weighted by Gasteiger charge is -2.14. The number of ketones is 1. The number of rotatable bonds is 7. The summed E-state index contributed by atoms with van der Waals surface area (Å²) in [5, 5.41) is 11.6. The first-order chi connectivity index (χ1) is 13.9. The minimum Gasteiger partial charge on any atom is -0.480 e. The molecule has 0 radical (unpaired) electrons. The quantitative estimate of drug-likeness (QED) is 0.476. The van der Waals surface area contributed by atoms with E-state index in [4.69, 9.17) is 0 Å². The Kier molecular flexibility index (Phi) is 6.09. The van der Waals surface area contributed by atoms with Crippen molar-refractivity contribution < 1.29 is 23.9 Å². The maximum absolute atomic E-state index is 13.1. The minimum absolute atomic E-state index is 0.00757. The highest BCUT2D eigenvalue weighted by atomic mass is 19.1. The first-order valence-corrected chi connectivity index (χ1v) is 8.77. The summed E-state index contributed by atoms with van der Waals surface area (Å²) in [5.41, 5.74) is 1.88. The van der Waals surface area contributed by atoms with Gasteiger partial charge >= 0.3 is 5.97 Å². The Morgan fingerprint density at radius 3 is 2.31 bits per heavy atom. The van der Waals surface area contributed by atoms with Crippen molar-refractivity contribution in [3.05, 3.63) is 90.0 Å². The van der Waals surface area contributed by atoms with Gasteiger partial charge in [0.25, 0.3) is 11.7 Å². The molecule has 3 aromatic rings. The van der Waals surface area contributed by atoms with Crippen molar-refractivity contribution in [2.45, 2.75) is 12.5 Å². The molecule has 1 atom stereocenters. The van der Waals surface area contributed by atoms with Crippen LogP contribution in [0.1, 0.15) is 15.9 Å². The maximum Gasteiger partial charge on any atom is 0.326 e. The third kappa shape index (κ3) is 5.10. The van der Waals surface area contributed by atoms with Gasteiger partial charge in [0.1, 0.15) is 11.9 Å². The first kappa shape index (κ1) is 19.9. The van der Waals surface area contributed by atoms with Gasteiger partial charge in [0.05, 0.1) is 0 Å². The number of aliphatic carboxylic acids is 1. The summed E-state index contributed by atoms with van der Waals surface area (Å²) in [6, 6.07) is 14.6. The molecule has 0 saturated carbocycles. The van der Waals surface area contributed by atoms with Gasteiger partial charge in [-0.05, 0) is 29.3 Å². The fraction of sp³-hybridized carbons (Fsp3) is 0.0909. The molecule has 1 amide bonds. The number of carboxylic acids is 1. The van der Waals surface area contributed by atoms with Gasteiger partial charge < -0.3 is 10.4 Å². The number of benzene rings is 2. The Balaban J connectivity index is 1.75. The molecule has 0 aliphatic heterocycles. The van der Waals surface area contributed by atoms with Crippen LogP contribution in [0.5, 0.6) is 0 Å². The number of hydrogen-bond acceptors (Lipinski definition) is 4. The molecule has 0 saturated heterocycles. The molecule has 29 heavy (non-hydrogen) atoms. The van der Waals surface area contributed by atoms with E-state index in [2.05, 4.69) is 10.3 Å². The van der Waals surface area contributed by atoms with E-state index in [1.165, 1.54) is 42.7 Å². The molecule has 0 aliphatic rings. The van der Waals surface area contributed by atoms with Crippen molar-refractivity contribution in [3.8, 4) is 11.1 Å². The van der Waals surface area contributed by atoms with E-state index in [1.54, 1.807) is 30.3 Å². The van der Waals surface area contributed by atoms with E-state index in [-0.39, 0.29) is 12.0 Å². The van der Waals surface area contributed by atoms with Crippen molar-refractivity contribution in [2.24, 2.45) is 0 Å². The second-order valence-electron chi connectivity index (χ2n) is 6.35. The Bertz CT molecular complexity index is 1040. The van der Waals surface area contributed by atoms with Gasteiger partial charge in [-0.15, -0.1) is 0 Å². The standard InChI is InChI=1S/C22H17FN2O4/c23-18-8-6-15(7-9-18)16-11-17(13-24-12-16)20(26)21(27)25-19(22(28)29)10-14-4-2-1-3-5-14/h1-9,11-13,19H,10H2,(H,25,27)(H,28,29)/t19-/m0/s1. The van der Waals surface area contributed by atoms with E-state index >= 15 is 0 Å². The van der Waals surface area contributed by atoms with Crippen LogP contribution in [0.15, 0.2) is 73.1 Å². The molecule has 1 aromatic heterocycles. The monoisotopic (exact) mass is 392 g/mol. The van der Waals surface area contributed by atoms with Gasteiger partial charge in [-0.3, -0.25) is 14.6 Å². The van der Waals surface area contributed by atoms with Crippen LogP contribution in [0.4, 0.5) is 4.39 Å². The van der Waals surface area contributed by atoms with Crippen molar-refractivity contribution >= 4 is 17.7 Å². The Morgan fingerprint density at radius 1 is 0.966 bits per heavy atom. The molecule has 0 unspecified atom stereocenters. The normalized spacial score (nSPS) is 11.5. The highest BCUT2D eigenvalue weighted by Gasteiger charge is 2.25. The number of hydrogen-bond donors (Lipinski definition) is 2. The number of pyridine rings is 1. The fourth-order valence-corrected chi connectivity index (χ4v) is 2.77. The SMILES string of the molecule is O=C(N[C@@H](Cc1ccccc1)C(=O)O)C(=O)c1cncc(-c2ccc(F)cc2)c1. The molecule has 0 fully saturated rings. The number of carboxylic acid groups (broad SMARTS) is 1. The fourth-order valence-electron chi connectivity index (χ4n) is 2.77. The lowest BCUT2D eigenvalue weighted by Crippen LogP contribution is -2.45. The number of nitrogens with one attached hydrogen (secondary N) is 1. The molecular formula is C22H17FN2O4. The summed E-state index contributed by atoms with van der Waals surface area (Å²) in [4.78, 5) is 40.3. The third-order valence-electron chi connectivity index (χ3n) is 4.27. The van der Waals surface area contributed by atoms with Crippen molar-refractivity contribution in [1.82, 2.24) is 10.3 Å². The molecule has 3 rings (SSSR count). The van der Waals surface area contributed by atoms with Crippen LogP contribution in [0.2, 0.25) is 0 Å². The van der Waals surface area contributed by atoms with E-state index in [9.17, 15) is 23.9 Å². The van der Waals surface area contributed by atoms with Gasteiger partial charge in [0.15, 0.2) is 0 Å². The van der Waals surface area contributed by atoms with Crippen LogP contribution in [-0.2, 0) is 16.0 Å². The molecule has 0 bridgehead atoms. The van der Waals surface area contributed by atoms with E-state index < -0.39 is 29.5 Å². The summed E-state index contributed by atoms with van der Waals surface area (Å²) in [6.07, 6.45) is 2.75. The van der Waals surface area contributed by atoms with Crippen molar-refractivity contribution in [3.63, 3.8) is 0 Å². The molecule has 1 heterocycles. The van der Waals surface area contributed by atoms with Crippen LogP contribution in [0, 0.1) is 5.82 Å². The highest BCUT2D eigenvalue weighted by Crippen LogP contribution is 2.20. The van der Waals surface area contributed by atoms with Crippen LogP contribution >= 0.6 is 0 Å². The number of carbonyl (C=O) groups excluding carboxylic acids is 2. The maximum atomic E-state index is 13.1. The van der Waals surface area contributed by atoms with Crippen LogP contribution in [-0.4, -0.2) is 33.8 Å². The topological polar surface area (TPSA) is 96.4 Å². The Morgan fingerprint density at radius 2 is 1.66 bits per heavy atom. The zero-order valence-corrected chi connectivity index (χ0v) is 15.2. The van der Waals surface area contributed by atoms with Gasteiger partial charge in [0, 0.05) is 29.9 Å². The molecular weight excluding hydrogens is 375 g/mol. The Hall–Kier alpha value is -3.87. The van der Waals surface area contributed by atoms with Gasteiger partial charge in [-0.2, -0.15) is 0 Å². The minimum atomic E-state index is -1.25. The molecule has 0 spiro atoms. The van der Waals surface area contributed by atoms with Crippen LogP contribution in [0.25, 0.3) is 11.1 Å². The number of amides is 1. The summed E-state index contributed by atoms with van der Waals surface area (Å²) < 4.78 is 13.1. The summed E-state index contributed by atoms with van der Waals surface area (Å²) in [5.74, 6) is -3.58. The summed E-state index contributed by atoms with van der Waals surface area (Å²) in [7, 11) is 0. The molecule has 2 N–H and O–H groups in total. The molecule has 2 aromatic carbocycles. The Labute approximate surface area is 166 Å². The smallest absolute Gasteiger partial charge is 0.326 e. The second kappa shape index (κ2) is 8.88. The predicted molar refractivity (Wildman–Crippen MR) is 104 cm³/mol. The summed E-state index contributed by atoms with van der Waals surface area (Å²) >= 11 is 0. The average Bonchev–Trinajstić information content (AvgIpc) is 2.74. The van der Waals surface area contributed by atoms with E-state index in [0.29, 0.717) is 16.7 Å². The molecule has 0 aliphatic carbocycles. The van der Waals surface area contributed by atoms with Gasteiger partial charge in [-0.1, -0.05) is 42.5 Å². The van der Waals surface area contributed by atoms with Gasteiger partial charge in [-0.25, -0.2) is 9.18 Å². The molecule has 146 valence electrons.